The summed E-state index contributed by atoms with van der Waals surface area (Å²) < 4.78 is 6.75. The van der Waals surface area contributed by atoms with Gasteiger partial charge in [0.1, 0.15) is 6.61 Å². The summed E-state index contributed by atoms with van der Waals surface area (Å²) in [6.07, 6.45) is 0. The Morgan fingerprint density at radius 2 is 1.95 bits per heavy atom. The van der Waals surface area contributed by atoms with Crippen molar-refractivity contribution in [2.75, 3.05) is 6.61 Å². The Labute approximate surface area is 135 Å². The first-order valence-electron chi connectivity index (χ1n) is 5.09. The van der Waals surface area contributed by atoms with E-state index in [1.165, 1.54) is 13.0 Å². The third kappa shape index (κ3) is 3.66. The molecule has 0 aliphatic heterocycles. The fourth-order valence-corrected chi connectivity index (χ4v) is 2.84. The van der Waals surface area contributed by atoms with Gasteiger partial charge in [0.2, 0.25) is 0 Å². The van der Waals surface area contributed by atoms with Crippen molar-refractivity contribution in [3.63, 3.8) is 0 Å². The van der Waals surface area contributed by atoms with E-state index in [0.717, 1.165) is 4.47 Å². The normalized spacial score (nSPS) is 13.8. The molecule has 0 spiro atoms. The number of ether oxygens (including phenoxy) is 1. The molecule has 1 aromatic rings. The molecule has 1 rings (SSSR count). The predicted octanol–water partition coefficient (Wildman–Crippen LogP) is 3.23. The SMILES string of the molecule is C=C(C)C(=O)OC(O)(CO)c1ccc(Br)c(Br)c1Br. The molecule has 4 nitrogen and oxygen atoms in total. The number of rotatable bonds is 4. The van der Waals surface area contributed by atoms with Gasteiger partial charge < -0.3 is 14.9 Å². The highest BCUT2D eigenvalue weighted by atomic mass is 79.9. The van der Waals surface area contributed by atoms with Crippen LogP contribution in [-0.4, -0.2) is 22.8 Å². The zero-order valence-electron chi connectivity index (χ0n) is 9.91. The van der Waals surface area contributed by atoms with E-state index < -0.39 is 18.4 Å². The predicted molar refractivity (Wildman–Crippen MR) is 81.4 cm³/mol. The molecule has 104 valence electrons. The van der Waals surface area contributed by atoms with Gasteiger partial charge in [-0.05, 0) is 60.8 Å². The van der Waals surface area contributed by atoms with Gasteiger partial charge in [0.25, 0.3) is 5.79 Å². The third-order valence-electron chi connectivity index (χ3n) is 2.28. The summed E-state index contributed by atoms with van der Waals surface area (Å²) in [6.45, 7) is 4.10. The lowest BCUT2D eigenvalue weighted by atomic mass is 10.1. The fourth-order valence-electron chi connectivity index (χ4n) is 1.24. The molecule has 1 unspecified atom stereocenters. The van der Waals surface area contributed by atoms with E-state index in [1.54, 1.807) is 6.07 Å². The Kier molecular flexibility index (Phi) is 5.76. The van der Waals surface area contributed by atoms with Gasteiger partial charge in [-0.15, -0.1) is 0 Å². The zero-order chi connectivity index (χ0) is 14.8. The summed E-state index contributed by atoms with van der Waals surface area (Å²) in [6, 6.07) is 3.18. The van der Waals surface area contributed by atoms with E-state index >= 15 is 0 Å². The van der Waals surface area contributed by atoms with Crippen LogP contribution in [0, 0.1) is 0 Å². The Morgan fingerprint density at radius 3 is 2.42 bits per heavy atom. The highest BCUT2D eigenvalue weighted by Crippen LogP contribution is 2.38. The van der Waals surface area contributed by atoms with E-state index in [-0.39, 0.29) is 11.1 Å². The standard InChI is InChI=1S/C12H11Br3O4/c1-6(2)11(17)19-12(18,5-16)7-3-4-8(13)10(15)9(7)14/h3-4,16,18H,1,5H2,2H3. The minimum atomic E-state index is -2.14. The van der Waals surface area contributed by atoms with Crippen molar-refractivity contribution in [3.05, 3.63) is 43.3 Å². The van der Waals surface area contributed by atoms with Gasteiger partial charge >= 0.3 is 5.97 Å². The molecule has 0 amide bonds. The van der Waals surface area contributed by atoms with Gasteiger partial charge in [-0.3, -0.25) is 0 Å². The maximum absolute atomic E-state index is 11.5. The number of halogens is 3. The smallest absolute Gasteiger partial charge is 0.335 e. The Hall–Kier alpha value is -0.210. The van der Waals surface area contributed by atoms with E-state index in [1.807, 2.05) is 0 Å². The lowest BCUT2D eigenvalue weighted by Crippen LogP contribution is -2.36. The first-order chi connectivity index (χ1) is 8.73. The average molecular weight is 459 g/mol. The van der Waals surface area contributed by atoms with Crippen LogP contribution in [0.15, 0.2) is 37.7 Å². The number of aliphatic hydroxyl groups is 2. The number of carbonyl (C=O) groups is 1. The quantitative estimate of drug-likeness (QED) is 0.315. The monoisotopic (exact) mass is 456 g/mol. The lowest BCUT2D eigenvalue weighted by molar-refractivity contribution is -0.226. The van der Waals surface area contributed by atoms with Crippen molar-refractivity contribution in [2.45, 2.75) is 12.7 Å². The molecule has 0 fully saturated rings. The summed E-state index contributed by atoms with van der Waals surface area (Å²) in [4.78, 5) is 11.5. The molecule has 1 aromatic carbocycles. The van der Waals surface area contributed by atoms with Crippen molar-refractivity contribution < 1.29 is 19.7 Å². The van der Waals surface area contributed by atoms with Gasteiger partial charge in [0.05, 0.1) is 0 Å². The molecule has 0 saturated heterocycles. The third-order valence-corrected chi connectivity index (χ3v) is 5.65. The van der Waals surface area contributed by atoms with Gasteiger partial charge in [-0.25, -0.2) is 4.79 Å². The maximum Gasteiger partial charge on any atom is 0.335 e. The molecule has 0 radical (unpaired) electrons. The van der Waals surface area contributed by atoms with Crippen molar-refractivity contribution in [2.24, 2.45) is 0 Å². The highest BCUT2D eigenvalue weighted by Gasteiger charge is 2.36. The number of esters is 1. The second-order valence-electron chi connectivity index (χ2n) is 3.84. The molecule has 0 heterocycles. The summed E-state index contributed by atoms with van der Waals surface area (Å²) in [5, 5.41) is 19.7. The topological polar surface area (TPSA) is 66.8 Å². The number of carbonyl (C=O) groups excluding carboxylic acids is 1. The van der Waals surface area contributed by atoms with Crippen LogP contribution >= 0.6 is 47.8 Å². The maximum atomic E-state index is 11.5. The van der Waals surface area contributed by atoms with Crippen LogP contribution in [0.5, 0.6) is 0 Å². The van der Waals surface area contributed by atoms with Crippen LogP contribution in [-0.2, 0) is 15.3 Å². The van der Waals surface area contributed by atoms with E-state index in [0.29, 0.717) is 8.95 Å². The molecule has 0 aromatic heterocycles. The van der Waals surface area contributed by atoms with Crippen molar-refractivity contribution in [1.29, 1.82) is 0 Å². The molecule has 19 heavy (non-hydrogen) atoms. The average Bonchev–Trinajstić information content (AvgIpc) is 2.35. The Bertz CT molecular complexity index is 530. The minimum absolute atomic E-state index is 0.124. The van der Waals surface area contributed by atoms with Crippen LogP contribution in [0.4, 0.5) is 0 Å². The molecular formula is C12H11Br3O4. The highest BCUT2D eigenvalue weighted by molar-refractivity contribution is 9.14. The summed E-state index contributed by atoms with van der Waals surface area (Å²) in [5.74, 6) is -2.93. The van der Waals surface area contributed by atoms with Gasteiger partial charge in [-0.1, -0.05) is 12.6 Å². The number of aliphatic hydroxyl groups excluding tert-OH is 1. The Balaban J connectivity index is 3.26. The molecular weight excluding hydrogens is 448 g/mol. The Morgan fingerprint density at radius 1 is 1.37 bits per heavy atom. The van der Waals surface area contributed by atoms with Crippen LogP contribution < -0.4 is 0 Å². The summed E-state index contributed by atoms with van der Waals surface area (Å²) in [7, 11) is 0. The van der Waals surface area contributed by atoms with Gasteiger partial charge in [0.15, 0.2) is 0 Å². The van der Waals surface area contributed by atoms with E-state index in [9.17, 15) is 15.0 Å². The largest absolute Gasteiger partial charge is 0.423 e. The zero-order valence-corrected chi connectivity index (χ0v) is 14.7. The number of hydrogen-bond acceptors (Lipinski definition) is 4. The van der Waals surface area contributed by atoms with Crippen molar-refractivity contribution in [3.8, 4) is 0 Å². The van der Waals surface area contributed by atoms with Crippen LogP contribution in [0.2, 0.25) is 0 Å². The number of hydrogen-bond donors (Lipinski definition) is 2. The van der Waals surface area contributed by atoms with Crippen LogP contribution in [0.25, 0.3) is 0 Å². The molecule has 2 N–H and O–H groups in total. The van der Waals surface area contributed by atoms with Gasteiger partial charge in [-0.2, -0.15) is 0 Å². The lowest BCUT2D eigenvalue weighted by Gasteiger charge is -2.27. The van der Waals surface area contributed by atoms with E-state index in [4.69, 9.17) is 4.74 Å². The summed E-state index contributed by atoms with van der Waals surface area (Å²) >= 11 is 9.88. The van der Waals surface area contributed by atoms with Crippen molar-refractivity contribution in [1.82, 2.24) is 0 Å². The van der Waals surface area contributed by atoms with Crippen LogP contribution in [0.3, 0.4) is 0 Å². The first kappa shape index (κ1) is 16.8. The molecule has 0 aliphatic carbocycles. The molecule has 0 bridgehead atoms. The molecule has 1 atom stereocenters. The fraction of sp³-hybridized carbons (Fsp3) is 0.250. The molecule has 0 aliphatic rings. The van der Waals surface area contributed by atoms with Crippen LogP contribution in [0.1, 0.15) is 12.5 Å². The summed E-state index contributed by atoms with van der Waals surface area (Å²) in [5.41, 5.74) is 0.346. The van der Waals surface area contributed by atoms with Crippen molar-refractivity contribution >= 4 is 53.8 Å². The molecule has 0 saturated carbocycles. The number of benzene rings is 1. The minimum Gasteiger partial charge on any atom is -0.423 e. The molecule has 7 heteroatoms. The second kappa shape index (κ2) is 6.49. The first-order valence-corrected chi connectivity index (χ1v) is 7.47. The van der Waals surface area contributed by atoms with E-state index in [2.05, 4.69) is 54.4 Å². The van der Waals surface area contributed by atoms with Gasteiger partial charge in [0, 0.05) is 24.6 Å². The second-order valence-corrected chi connectivity index (χ2v) is 6.28.